The summed E-state index contributed by atoms with van der Waals surface area (Å²) in [6.07, 6.45) is 3.30. The summed E-state index contributed by atoms with van der Waals surface area (Å²) in [5, 5.41) is 13.9. The summed E-state index contributed by atoms with van der Waals surface area (Å²) < 4.78 is 5.15. The molecule has 0 amide bonds. The van der Waals surface area contributed by atoms with Gasteiger partial charge in [-0.1, -0.05) is 13.8 Å². The van der Waals surface area contributed by atoms with E-state index in [1.54, 1.807) is 0 Å². The highest BCUT2D eigenvalue weighted by molar-refractivity contribution is 9.11. The van der Waals surface area contributed by atoms with Gasteiger partial charge in [0.1, 0.15) is 6.04 Å². The fourth-order valence-electron chi connectivity index (χ4n) is 1.66. The third-order valence-electron chi connectivity index (χ3n) is 2.60. The number of quaternary nitrogens is 1. The zero-order valence-electron chi connectivity index (χ0n) is 13.2. The standard InChI is InChI=1S/C13H22BrN3O5/c1-9(2)7-11(13(18)21-3)15-6-5-10(17(19)20)8-12(14)16-22-4/h5,8-9,11,15-16H,6-7H2,1-4H3/p+1/b10-5+,12-8-. The number of rotatable bonds is 10. The van der Waals surface area contributed by atoms with Crippen molar-refractivity contribution in [3.8, 4) is 0 Å². The number of nitro groups is 1. The van der Waals surface area contributed by atoms with Gasteiger partial charge in [0, 0.05) is 28.6 Å². The molecule has 8 nitrogen and oxygen atoms in total. The Balaban J connectivity index is 4.82. The van der Waals surface area contributed by atoms with E-state index in [0.29, 0.717) is 16.9 Å². The van der Waals surface area contributed by atoms with Crippen LogP contribution in [-0.4, -0.2) is 37.7 Å². The number of esters is 1. The maximum absolute atomic E-state index is 11.6. The second kappa shape index (κ2) is 11.3. The molecule has 0 aromatic carbocycles. The molecule has 0 spiro atoms. The molecule has 0 rings (SSSR count). The van der Waals surface area contributed by atoms with Crippen LogP contribution in [-0.2, 0) is 14.4 Å². The summed E-state index contributed by atoms with van der Waals surface area (Å²) in [6.45, 7) is 4.14. The summed E-state index contributed by atoms with van der Waals surface area (Å²) in [7, 11) is 2.76. The van der Waals surface area contributed by atoms with Gasteiger partial charge in [-0.25, -0.2) is 4.84 Å². The number of allylic oxidation sites excluding steroid dienone is 1. The Bertz CT molecular complexity index is 437. The van der Waals surface area contributed by atoms with E-state index in [2.05, 4.69) is 21.2 Å². The van der Waals surface area contributed by atoms with E-state index < -0.39 is 11.0 Å². The predicted octanol–water partition coefficient (Wildman–Crippen LogP) is 0.685. The van der Waals surface area contributed by atoms with Crippen LogP contribution >= 0.6 is 15.9 Å². The van der Waals surface area contributed by atoms with Gasteiger partial charge in [-0.3, -0.25) is 14.9 Å². The predicted molar refractivity (Wildman–Crippen MR) is 84.3 cm³/mol. The van der Waals surface area contributed by atoms with Crippen LogP contribution in [0.4, 0.5) is 0 Å². The molecule has 0 radical (unpaired) electrons. The van der Waals surface area contributed by atoms with Crippen LogP contribution in [0.1, 0.15) is 20.3 Å². The first-order valence-corrected chi connectivity index (χ1v) is 7.50. The first kappa shape index (κ1) is 20.7. The van der Waals surface area contributed by atoms with Crippen LogP contribution in [0.3, 0.4) is 0 Å². The molecule has 0 aliphatic carbocycles. The fourth-order valence-corrected chi connectivity index (χ4v) is 2.08. The molecule has 3 N–H and O–H groups in total. The molecule has 0 aliphatic heterocycles. The number of hydrogen-bond acceptors (Lipinski definition) is 6. The van der Waals surface area contributed by atoms with Crippen molar-refractivity contribution in [3.05, 3.63) is 32.6 Å². The average molecular weight is 381 g/mol. The second-order valence-electron chi connectivity index (χ2n) is 4.88. The molecule has 1 atom stereocenters. The number of halogens is 1. The van der Waals surface area contributed by atoms with Gasteiger partial charge in [0.25, 0.3) is 5.70 Å². The van der Waals surface area contributed by atoms with E-state index >= 15 is 0 Å². The number of ether oxygens (including phenoxy) is 1. The van der Waals surface area contributed by atoms with Gasteiger partial charge in [-0.05, 0) is 12.3 Å². The van der Waals surface area contributed by atoms with Crippen molar-refractivity contribution in [3.63, 3.8) is 0 Å². The summed E-state index contributed by atoms with van der Waals surface area (Å²) in [4.78, 5) is 26.9. The minimum atomic E-state index is -0.512. The highest BCUT2D eigenvalue weighted by Gasteiger charge is 2.19. The highest BCUT2D eigenvalue weighted by atomic mass is 79.9. The zero-order chi connectivity index (χ0) is 17.1. The maximum atomic E-state index is 11.6. The number of carbonyl (C=O) groups is 1. The van der Waals surface area contributed by atoms with Gasteiger partial charge >= 0.3 is 5.97 Å². The summed E-state index contributed by atoms with van der Waals surface area (Å²) >= 11 is 3.14. The third kappa shape index (κ3) is 8.88. The van der Waals surface area contributed by atoms with Crippen molar-refractivity contribution in [2.45, 2.75) is 26.3 Å². The molecule has 0 aromatic rings. The van der Waals surface area contributed by atoms with E-state index in [0.717, 1.165) is 0 Å². The number of nitrogens with two attached hydrogens (primary N) is 1. The van der Waals surface area contributed by atoms with Gasteiger partial charge in [-0.2, -0.15) is 5.48 Å². The Hall–Kier alpha value is -1.29. The van der Waals surface area contributed by atoms with E-state index in [-0.39, 0.29) is 18.2 Å². The molecule has 1 unspecified atom stereocenters. The highest BCUT2D eigenvalue weighted by Crippen LogP contribution is 2.07. The number of nitrogens with one attached hydrogen (secondary N) is 1. The lowest BCUT2D eigenvalue weighted by Crippen LogP contribution is -2.78. The van der Waals surface area contributed by atoms with Crippen LogP contribution in [0.5, 0.6) is 0 Å². The molecular formula is C13H23BrN3O5+. The van der Waals surface area contributed by atoms with Crippen LogP contribution in [0.15, 0.2) is 22.5 Å². The summed E-state index contributed by atoms with van der Waals surface area (Å²) in [5.74, 6) is -0.0879. The molecule has 126 valence electrons. The number of nitrogens with zero attached hydrogens (tertiary/aromatic N) is 1. The number of carbonyl (C=O) groups excluding carboxylic acids is 1. The van der Waals surface area contributed by atoms with Gasteiger partial charge < -0.3 is 10.1 Å². The van der Waals surface area contributed by atoms with Gasteiger partial charge in [0.2, 0.25) is 4.61 Å². The molecule has 0 bridgehead atoms. The van der Waals surface area contributed by atoms with E-state index in [1.165, 1.54) is 31.9 Å². The van der Waals surface area contributed by atoms with Crippen molar-refractivity contribution in [1.82, 2.24) is 5.32 Å². The maximum Gasteiger partial charge on any atom is 0.322 e. The monoisotopic (exact) mass is 380 g/mol. The van der Waals surface area contributed by atoms with Crippen LogP contribution in [0.25, 0.3) is 0 Å². The number of hydroxylamine groups is 1. The van der Waals surface area contributed by atoms with Gasteiger partial charge in [0.15, 0.2) is 0 Å². The van der Waals surface area contributed by atoms with Crippen molar-refractivity contribution in [1.29, 1.82) is 0 Å². The van der Waals surface area contributed by atoms with Crippen molar-refractivity contribution in [2.24, 2.45) is 5.92 Å². The molecule has 0 saturated carbocycles. The Morgan fingerprint density at radius 2 is 2.09 bits per heavy atom. The van der Waals surface area contributed by atoms with Crippen LogP contribution in [0.2, 0.25) is 0 Å². The Morgan fingerprint density at radius 3 is 2.55 bits per heavy atom. The van der Waals surface area contributed by atoms with Crippen LogP contribution < -0.4 is 10.8 Å². The lowest BCUT2D eigenvalue weighted by atomic mass is 10.0. The van der Waals surface area contributed by atoms with Gasteiger partial charge in [-0.15, -0.1) is 0 Å². The second-order valence-corrected chi connectivity index (χ2v) is 5.80. The minimum Gasteiger partial charge on any atom is -0.468 e. The molecule has 22 heavy (non-hydrogen) atoms. The Morgan fingerprint density at radius 1 is 1.45 bits per heavy atom. The summed E-state index contributed by atoms with van der Waals surface area (Å²) in [6, 6.07) is -0.493. The molecule has 0 fully saturated rings. The topological polar surface area (TPSA) is 107 Å². The molecule has 0 aromatic heterocycles. The normalized spacial score (nSPS) is 14.1. The first-order chi connectivity index (χ1) is 10.3. The van der Waals surface area contributed by atoms with Crippen molar-refractivity contribution in [2.75, 3.05) is 20.8 Å². The van der Waals surface area contributed by atoms with Crippen LogP contribution in [0, 0.1) is 16.0 Å². The average Bonchev–Trinajstić information content (AvgIpc) is 2.43. The molecule has 0 heterocycles. The molecule has 0 saturated heterocycles. The minimum absolute atomic E-state index is 0.110. The third-order valence-corrected chi connectivity index (χ3v) is 3.01. The fraction of sp³-hybridized carbons (Fsp3) is 0.615. The summed E-state index contributed by atoms with van der Waals surface area (Å²) in [5.41, 5.74) is 1.22. The van der Waals surface area contributed by atoms with E-state index in [9.17, 15) is 14.9 Å². The first-order valence-electron chi connectivity index (χ1n) is 6.70. The number of methoxy groups -OCH3 is 1. The lowest BCUT2D eigenvalue weighted by Gasteiger charge is -2.17. The molecule has 9 heteroatoms. The molecule has 0 aliphatic rings. The Kier molecular flexibility index (Phi) is 10.6. The van der Waals surface area contributed by atoms with E-state index in [1.807, 2.05) is 13.8 Å². The van der Waals surface area contributed by atoms with Crippen molar-refractivity contribution < 1.29 is 24.8 Å². The van der Waals surface area contributed by atoms with Gasteiger partial charge in [0.05, 0.1) is 25.2 Å². The van der Waals surface area contributed by atoms with E-state index in [4.69, 9.17) is 9.57 Å². The smallest absolute Gasteiger partial charge is 0.322 e. The zero-order valence-corrected chi connectivity index (χ0v) is 14.8. The quantitative estimate of drug-likeness (QED) is 0.190. The lowest BCUT2D eigenvalue weighted by molar-refractivity contribution is -0.846. The number of hydrogen-bond donors (Lipinski definition) is 2. The molecular weight excluding hydrogens is 358 g/mol. The van der Waals surface area contributed by atoms with Crippen molar-refractivity contribution >= 4 is 21.9 Å². The Labute approximate surface area is 138 Å². The largest absolute Gasteiger partial charge is 0.468 e. The SMILES string of the molecule is CO[NH2+]/C(Br)=C\C(=C/CNC(CC(C)C)C(=O)OC)[N+](=O)[O-].